The standard InChI is InChI=1S/C38H44ClN3O4S/c1-24-7-4-9-31(32-10-6-18-40-37(32)45-3)30-14-11-28(30)21-42-22-38(17-5-8-26-19-29(39)13-15-33(26)38)23-46-35-16-12-27(20-34(35)42)36(43)41-47(44)25(24)2/h4,6,9-10,12-13,15-16,18-20,24-25,28,30-31H,5,7-8,11,14,17,21-23H2,1-3H3,(H,41,43)/b9-4+/t24?,25?,28?,30?,31?,38-,47?/m0/s1. The molecule has 2 aliphatic heterocycles. The van der Waals surface area contributed by atoms with Gasteiger partial charge in [0.05, 0.1) is 24.7 Å². The summed E-state index contributed by atoms with van der Waals surface area (Å²) in [6, 6.07) is 16.1. The molecule has 1 N–H and O–H groups in total. The molecule has 1 aromatic heterocycles. The number of nitrogens with zero attached hydrogens (tertiary/aromatic N) is 2. The second-order valence-corrected chi connectivity index (χ2v) is 16.0. The van der Waals surface area contributed by atoms with Crippen LogP contribution < -0.4 is 19.1 Å². The number of hydrogen-bond donors (Lipinski definition) is 1. The first-order chi connectivity index (χ1) is 22.8. The highest BCUT2D eigenvalue weighted by molar-refractivity contribution is 7.84. The summed E-state index contributed by atoms with van der Waals surface area (Å²) in [4.78, 5) is 20.6. The maximum absolute atomic E-state index is 13.5. The number of rotatable bonds is 2. The Kier molecular flexibility index (Phi) is 9.09. The lowest BCUT2D eigenvalue weighted by Gasteiger charge is -2.46. The van der Waals surface area contributed by atoms with Gasteiger partial charge in [-0.1, -0.05) is 42.8 Å². The predicted molar refractivity (Wildman–Crippen MR) is 188 cm³/mol. The van der Waals surface area contributed by atoms with Crippen LogP contribution in [0.5, 0.6) is 11.6 Å². The lowest BCUT2D eigenvalue weighted by atomic mass is 9.64. The summed E-state index contributed by atoms with van der Waals surface area (Å²) in [6.07, 6.45) is 12.4. The van der Waals surface area contributed by atoms with E-state index in [4.69, 9.17) is 21.1 Å². The third kappa shape index (κ3) is 6.19. The Morgan fingerprint density at radius 3 is 2.83 bits per heavy atom. The van der Waals surface area contributed by atoms with Gasteiger partial charge in [0.25, 0.3) is 5.91 Å². The van der Waals surface area contributed by atoms with Gasteiger partial charge in [0.15, 0.2) is 0 Å². The maximum Gasteiger partial charge on any atom is 0.263 e. The summed E-state index contributed by atoms with van der Waals surface area (Å²) in [5.41, 5.74) is 4.93. The molecule has 0 saturated heterocycles. The third-order valence-electron chi connectivity index (χ3n) is 11.2. The summed E-state index contributed by atoms with van der Waals surface area (Å²) in [6.45, 7) is 6.22. The number of nitrogens with one attached hydrogen (secondary N) is 1. The van der Waals surface area contributed by atoms with E-state index in [9.17, 15) is 9.00 Å². The van der Waals surface area contributed by atoms with Crippen molar-refractivity contribution in [3.8, 4) is 11.6 Å². The minimum absolute atomic E-state index is 0.106. The molecule has 0 radical (unpaired) electrons. The van der Waals surface area contributed by atoms with Gasteiger partial charge >= 0.3 is 0 Å². The van der Waals surface area contributed by atoms with E-state index in [0.29, 0.717) is 29.9 Å². The van der Waals surface area contributed by atoms with Gasteiger partial charge in [-0.25, -0.2) is 9.19 Å². The molecule has 1 amide bonds. The highest BCUT2D eigenvalue weighted by atomic mass is 35.5. The number of aromatic nitrogens is 1. The molecule has 9 heteroatoms. The second-order valence-electron chi connectivity index (χ2n) is 14.0. The molecule has 4 aliphatic rings. The number of pyridine rings is 1. The summed E-state index contributed by atoms with van der Waals surface area (Å²) in [7, 11) is 0.153. The number of aryl methyl sites for hydroxylation is 1. The van der Waals surface area contributed by atoms with Crippen LogP contribution in [0.3, 0.4) is 0 Å². The molecule has 3 aromatic rings. The Balaban J connectivity index is 1.32. The molecule has 47 heavy (non-hydrogen) atoms. The number of amides is 1. The molecule has 2 bridgehead atoms. The topological polar surface area (TPSA) is 80.8 Å². The van der Waals surface area contributed by atoms with E-state index in [1.807, 2.05) is 31.2 Å². The van der Waals surface area contributed by atoms with Crippen LogP contribution >= 0.6 is 11.6 Å². The van der Waals surface area contributed by atoms with E-state index >= 15 is 0 Å². The van der Waals surface area contributed by atoms with Gasteiger partial charge in [-0.15, -0.1) is 0 Å². The Bertz CT molecular complexity index is 1710. The molecular weight excluding hydrogens is 630 g/mol. The van der Waals surface area contributed by atoms with Crippen LogP contribution in [0.25, 0.3) is 0 Å². The number of benzene rings is 2. The third-order valence-corrected chi connectivity index (χ3v) is 13.0. The number of methoxy groups -OCH3 is 1. The van der Waals surface area contributed by atoms with Crippen LogP contribution in [0.1, 0.15) is 78.9 Å². The summed E-state index contributed by atoms with van der Waals surface area (Å²) >= 11 is 6.47. The molecule has 3 heterocycles. The molecular formula is C38H44ClN3O4S. The molecule has 7 rings (SSSR count). The van der Waals surface area contributed by atoms with Crippen molar-refractivity contribution in [3.63, 3.8) is 0 Å². The number of carbonyl (C=O) groups excluding carboxylic acids is 1. The van der Waals surface area contributed by atoms with E-state index in [-0.39, 0.29) is 28.4 Å². The number of halogens is 1. The van der Waals surface area contributed by atoms with E-state index in [2.05, 4.69) is 51.9 Å². The molecule has 7 atom stereocenters. The fourth-order valence-electron chi connectivity index (χ4n) is 8.22. The van der Waals surface area contributed by atoms with Crippen molar-refractivity contribution in [1.82, 2.24) is 9.71 Å². The highest BCUT2D eigenvalue weighted by Gasteiger charge is 2.45. The van der Waals surface area contributed by atoms with Crippen molar-refractivity contribution < 1.29 is 18.5 Å². The number of hydrogen-bond acceptors (Lipinski definition) is 6. The van der Waals surface area contributed by atoms with Crippen molar-refractivity contribution in [1.29, 1.82) is 0 Å². The zero-order chi connectivity index (χ0) is 32.7. The molecule has 6 unspecified atom stereocenters. The minimum Gasteiger partial charge on any atom is -0.490 e. The van der Waals surface area contributed by atoms with E-state index in [1.165, 1.54) is 11.1 Å². The summed E-state index contributed by atoms with van der Waals surface area (Å²) < 4.78 is 28.6. The Morgan fingerprint density at radius 2 is 2.02 bits per heavy atom. The average molecular weight is 674 g/mol. The van der Waals surface area contributed by atoms with Crippen molar-refractivity contribution in [2.24, 2.45) is 17.8 Å². The van der Waals surface area contributed by atoms with E-state index in [0.717, 1.165) is 73.6 Å². The number of fused-ring (bicyclic) bond motifs is 4. The first-order valence-corrected chi connectivity index (χ1v) is 18.5. The highest BCUT2D eigenvalue weighted by Crippen LogP contribution is 2.50. The van der Waals surface area contributed by atoms with Gasteiger partial charge in [0, 0.05) is 46.8 Å². The van der Waals surface area contributed by atoms with E-state index in [1.54, 1.807) is 19.4 Å². The van der Waals surface area contributed by atoms with E-state index < -0.39 is 11.0 Å². The minimum atomic E-state index is -1.54. The van der Waals surface area contributed by atoms with Crippen molar-refractivity contribution in [2.45, 2.75) is 69.0 Å². The van der Waals surface area contributed by atoms with Crippen LogP contribution in [0.15, 0.2) is 66.9 Å². The van der Waals surface area contributed by atoms with Crippen molar-refractivity contribution in [2.75, 3.05) is 31.7 Å². The van der Waals surface area contributed by atoms with Crippen LogP contribution in [-0.4, -0.2) is 47.2 Å². The Labute approximate surface area is 285 Å². The van der Waals surface area contributed by atoms with Gasteiger partial charge in [-0.05, 0) is 111 Å². The van der Waals surface area contributed by atoms with Gasteiger partial charge in [-0.2, -0.15) is 0 Å². The SMILES string of the molecule is COc1ncccc1C1/C=C/CC(C)C(C)S(=O)NC(=O)c2ccc3c(c2)N(CC2CCC21)C[C@@]1(CCCc2cc(Cl)ccc21)CO3. The zero-order valence-corrected chi connectivity index (χ0v) is 29.0. The second kappa shape index (κ2) is 13.3. The predicted octanol–water partition coefficient (Wildman–Crippen LogP) is 7.40. The largest absolute Gasteiger partial charge is 0.490 e. The fourth-order valence-corrected chi connectivity index (χ4v) is 9.44. The van der Waals surface area contributed by atoms with Crippen LogP contribution in [0, 0.1) is 17.8 Å². The van der Waals surface area contributed by atoms with Gasteiger partial charge in [-0.3, -0.25) is 9.52 Å². The first-order valence-electron chi connectivity index (χ1n) is 16.9. The molecule has 248 valence electrons. The van der Waals surface area contributed by atoms with Crippen LogP contribution in [0.2, 0.25) is 5.02 Å². The smallest absolute Gasteiger partial charge is 0.263 e. The van der Waals surface area contributed by atoms with Crippen LogP contribution in [-0.2, 0) is 22.8 Å². The molecule has 1 fully saturated rings. The fraction of sp³-hybridized carbons (Fsp3) is 0.474. The number of ether oxygens (including phenoxy) is 2. The normalized spacial score (nSPS) is 31.3. The molecule has 1 spiro atoms. The van der Waals surface area contributed by atoms with Crippen molar-refractivity contribution >= 4 is 34.2 Å². The number of anilines is 1. The monoisotopic (exact) mass is 673 g/mol. The summed E-state index contributed by atoms with van der Waals surface area (Å²) in [5.74, 6) is 2.18. The van der Waals surface area contributed by atoms with Gasteiger partial charge < -0.3 is 14.4 Å². The van der Waals surface area contributed by atoms with Crippen molar-refractivity contribution in [3.05, 3.63) is 94.2 Å². The number of allylic oxidation sites excluding steroid dienone is 2. The molecule has 2 aromatic carbocycles. The van der Waals surface area contributed by atoms with Gasteiger partial charge in [0.1, 0.15) is 16.7 Å². The molecule has 2 aliphatic carbocycles. The molecule has 7 nitrogen and oxygen atoms in total. The average Bonchev–Trinajstić information content (AvgIpc) is 3.21. The van der Waals surface area contributed by atoms with Crippen LogP contribution in [0.4, 0.5) is 5.69 Å². The number of carbonyl (C=O) groups is 1. The molecule has 1 saturated carbocycles. The lowest BCUT2D eigenvalue weighted by molar-refractivity contribution is 0.0982. The zero-order valence-electron chi connectivity index (χ0n) is 27.4. The lowest BCUT2D eigenvalue weighted by Crippen LogP contribution is -2.49. The quantitative estimate of drug-likeness (QED) is 0.286. The first kappa shape index (κ1) is 32.2. The Morgan fingerprint density at radius 1 is 1.15 bits per heavy atom. The Hall–Kier alpha value is -3.36. The summed E-state index contributed by atoms with van der Waals surface area (Å²) in [5, 5.41) is 0.544. The maximum atomic E-state index is 13.5. The van der Waals surface area contributed by atoms with Gasteiger partial charge in [0.2, 0.25) is 5.88 Å².